The van der Waals surface area contributed by atoms with E-state index >= 15 is 0 Å². The van der Waals surface area contributed by atoms with Gasteiger partial charge in [-0.1, -0.05) is 0 Å². The summed E-state index contributed by atoms with van der Waals surface area (Å²) in [5.41, 5.74) is -1.23. The number of alkyl halides is 3. The summed E-state index contributed by atoms with van der Waals surface area (Å²) in [6.07, 6.45) is 1.64. The third-order valence-corrected chi connectivity index (χ3v) is 7.05. The van der Waals surface area contributed by atoms with Crippen molar-refractivity contribution in [2.75, 3.05) is 19.6 Å². The molecule has 2 aliphatic heterocycles. The molecule has 3 aliphatic rings. The molecule has 2 amide bonds. The number of nitrogens with zero attached hydrogens (tertiary/aromatic N) is 5. The van der Waals surface area contributed by atoms with Crippen LogP contribution in [0.25, 0.3) is 0 Å². The molecule has 2 fully saturated rings. The average Bonchev–Trinajstić information content (AvgIpc) is 3.44. The van der Waals surface area contributed by atoms with E-state index < -0.39 is 17.8 Å². The van der Waals surface area contributed by atoms with Crippen molar-refractivity contribution in [3.05, 3.63) is 41.2 Å². The van der Waals surface area contributed by atoms with Gasteiger partial charge in [0.25, 0.3) is 11.8 Å². The molecule has 2 aromatic heterocycles. The molecule has 0 aromatic carbocycles. The molecule has 1 saturated carbocycles. The fraction of sp³-hybridized carbons (Fsp3) is 0.591. The van der Waals surface area contributed by atoms with Crippen molar-refractivity contribution in [2.45, 2.75) is 51.2 Å². The zero-order valence-electron chi connectivity index (χ0n) is 18.1. The fourth-order valence-corrected chi connectivity index (χ4v) is 4.83. The van der Waals surface area contributed by atoms with Gasteiger partial charge in [0.05, 0.1) is 0 Å². The Hall–Kier alpha value is -2.98. The number of carbonyl (C=O) groups excluding carboxylic acids is 2. The van der Waals surface area contributed by atoms with Crippen molar-refractivity contribution in [2.24, 2.45) is 11.3 Å². The number of halogens is 3. The Labute approximate surface area is 188 Å². The van der Waals surface area contributed by atoms with Crippen LogP contribution in [0.5, 0.6) is 0 Å². The van der Waals surface area contributed by atoms with Gasteiger partial charge in [0, 0.05) is 44.4 Å². The molecule has 176 valence electrons. The van der Waals surface area contributed by atoms with Gasteiger partial charge in [-0.15, -0.1) is 10.2 Å². The second-order valence-corrected chi connectivity index (χ2v) is 9.40. The van der Waals surface area contributed by atoms with Crippen LogP contribution in [-0.2, 0) is 19.1 Å². The second-order valence-electron chi connectivity index (χ2n) is 9.40. The van der Waals surface area contributed by atoms with E-state index in [1.807, 2.05) is 4.57 Å². The standard InChI is InChI=1S/C22H25F3N6O2/c23-22(24,25)16-11-15(4-8-26-16)20(33)30-9-6-21(13-30)5-3-17-28-29-18(31(17)10-7-21)19(32)27-12-14-1-2-14/h4,8,11,14H,1-3,5-7,9-10,12-13H2,(H,27,32). The molecule has 33 heavy (non-hydrogen) atoms. The van der Waals surface area contributed by atoms with Crippen LogP contribution >= 0.6 is 0 Å². The van der Waals surface area contributed by atoms with Crippen LogP contribution in [0.1, 0.15) is 64.6 Å². The maximum Gasteiger partial charge on any atom is 0.433 e. The summed E-state index contributed by atoms with van der Waals surface area (Å²) in [6, 6.07) is 2.14. The minimum Gasteiger partial charge on any atom is -0.349 e. The maximum atomic E-state index is 13.0. The van der Waals surface area contributed by atoms with Crippen LogP contribution in [0.15, 0.2) is 18.3 Å². The van der Waals surface area contributed by atoms with E-state index in [9.17, 15) is 22.8 Å². The van der Waals surface area contributed by atoms with Gasteiger partial charge in [-0.25, -0.2) is 0 Å². The van der Waals surface area contributed by atoms with Crippen LogP contribution in [0, 0.1) is 11.3 Å². The summed E-state index contributed by atoms with van der Waals surface area (Å²) < 4.78 is 40.8. The van der Waals surface area contributed by atoms with Crippen LogP contribution < -0.4 is 5.32 Å². The Kier molecular flexibility index (Phi) is 5.37. The first-order valence-corrected chi connectivity index (χ1v) is 11.3. The van der Waals surface area contributed by atoms with Crippen LogP contribution in [0.4, 0.5) is 13.2 Å². The summed E-state index contributed by atoms with van der Waals surface area (Å²) in [6.45, 7) is 2.19. The first-order valence-electron chi connectivity index (χ1n) is 11.3. The molecule has 1 aliphatic carbocycles. The number of nitrogens with one attached hydrogen (secondary N) is 1. The number of likely N-dealkylation sites (tertiary alicyclic amines) is 1. The first kappa shape index (κ1) is 21.8. The SMILES string of the molecule is O=C(NCC1CC1)c1nnc2n1CCC1(CC2)CCN(C(=O)c2ccnc(C(F)(F)F)c2)C1. The Morgan fingerprint density at radius 2 is 1.94 bits per heavy atom. The van der Waals surface area contributed by atoms with Crippen LogP contribution in [0.3, 0.4) is 0 Å². The molecule has 8 nitrogen and oxygen atoms in total. The number of aryl methyl sites for hydroxylation is 1. The lowest BCUT2D eigenvalue weighted by molar-refractivity contribution is -0.141. The monoisotopic (exact) mass is 462 g/mol. The highest BCUT2D eigenvalue weighted by Gasteiger charge is 2.42. The lowest BCUT2D eigenvalue weighted by Crippen LogP contribution is -2.33. The summed E-state index contributed by atoms with van der Waals surface area (Å²) >= 11 is 0. The Bertz CT molecular complexity index is 1080. The number of hydrogen-bond donors (Lipinski definition) is 1. The predicted molar refractivity (Wildman–Crippen MR) is 110 cm³/mol. The van der Waals surface area contributed by atoms with Crippen molar-refractivity contribution < 1.29 is 22.8 Å². The van der Waals surface area contributed by atoms with E-state index in [0.717, 1.165) is 50.2 Å². The molecule has 1 unspecified atom stereocenters. The molecule has 1 atom stereocenters. The summed E-state index contributed by atoms with van der Waals surface area (Å²) in [7, 11) is 0. The molecule has 1 spiro atoms. The summed E-state index contributed by atoms with van der Waals surface area (Å²) in [5, 5.41) is 11.3. The van der Waals surface area contributed by atoms with Gasteiger partial charge in [0.2, 0.25) is 5.82 Å². The number of rotatable bonds is 4. The number of hydrogen-bond acceptors (Lipinski definition) is 5. The third-order valence-electron chi connectivity index (χ3n) is 7.05. The number of carbonyl (C=O) groups is 2. The number of aromatic nitrogens is 4. The number of pyridine rings is 1. The number of amides is 2. The topological polar surface area (TPSA) is 93.0 Å². The lowest BCUT2D eigenvalue weighted by Gasteiger charge is -2.27. The van der Waals surface area contributed by atoms with Crippen molar-refractivity contribution >= 4 is 11.8 Å². The van der Waals surface area contributed by atoms with Gasteiger partial charge in [0.1, 0.15) is 11.5 Å². The predicted octanol–water partition coefficient (Wildman–Crippen LogP) is 2.70. The van der Waals surface area contributed by atoms with E-state index in [2.05, 4.69) is 20.5 Å². The van der Waals surface area contributed by atoms with Gasteiger partial charge >= 0.3 is 6.18 Å². The molecule has 0 radical (unpaired) electrons. The normalized spacial score (nSPS) is 22.8. The van der Waals surface area contributed by atoms with Crippen molar-refractivity contribution in [1.29, 1.82) is 0 Å². The largest absolute Gasteiger partial charge is 0.433 e. The van der Waals surface area contributed by atoms with Crippen molar-refractivity contribution in [3.63, 3.8) is 0 Å². The van der Waals surface area contributed by atoms with Crippen molar-refractivity contribution in [3.8, 4) is 0 Å². The highest BCUT2D eigenvalue weighted by Crippen LogP contribution is 2.41. The van der Waals surface area contributed by atoms with E-state index in [1.54, 1.807) is 4.90 Å². The smallest absolute Gasteiger partial charge is 0.349 e. The maximum absolute atomic E-state index is 13.0. The zero-order chi connectivity index (χ0) is 23.2. The molecule has 11 heteroatoms. The molecule has 0 bridgehead atoms. The van der Waals surface area contributed by atoms with Gasteiger partial charge < -0.3 is 14.8 Å². The van der Waals surface area contributed by atoms with Gasteiger partial charge in [-0.05, 0) is 55.6 Å². The molecule has 5 rings (SSSR count). The Morgan fingerprint density at radius 1 is 1.15 bits per heavy atom. The van der Waals surface area contributed by atoms with E-state index in [4.69, 9.17) is 0 Å². The van der Waals surface area contributed by atoms with Crippen molar-refractivity contribution in [1.82, 2.24) is 30.0 Å². The minimum absolute atomic E-state index is 0.00487. The molecule has 1 saturated heterocycles. The highest BCUT2D eigenvalue weighted by molar-refractivity contribution is 5.94. The van der Waals surface area contributed by atoms with E-state index in [0.29, 0.717) is 44.3 Å². The van der Waals surface area contributed by atoms with Gasteiger partial charge in [-0.3, -0.25) is 14.6 Å². The average molecular weight is 462 g/mol. The Balaban J connectivity index is 1.26. The van der Waals surface area contributed by atoms with Gasteiger partial charge in [-0.2, -0.15) is 13.2 Å². The molecule has 2 aromatic rings. The van der Waals surface area contributed by atoms with E-state index in [1.165, 1.54) is 6.07 Å². The van der Waals surface area contributed by atoms with Gasteiger partial charge in [0.15, 0.2) is 0 Å². The molecule has 1 N–H and O–H groups in total. The molecular formula is C22H25F3N6O2. The Morgan fingerprint density at radius 3 is 2.70 bits per heavy atom. The quantitative estimate of drug-likeness (QED) is 0.754. The number of fused-ring (bicyclic) bond motifs is 1. The lowest BCUT2D eigenvalue weighted by atomic mass is 9.80. The first-order chi connectivity index (χ1) is 15.7. The fourth-order valence-electron chi connectivity index (χ4n) is 4.83. The summed E-state index contributed by atoms with van der Waals surface area (Å²) in [5.74, 6) is 1.03. The third kappa shape index (κ3) is 4.45. The van der Waals surface area contributed by atoms with Crippen LogP contribution in [-0.4, -0.2) is 56.1 Å². The molecular weight excluding hydrogens is 437 g/mol. The summed E-state index contributed by atoms with van der Waals surface area (Å²) in [4.78, 5) is 30.5. The van der Waals surface area contributed by atoms with Crippen LogP contribution in [0.2, 0.25) is 0 Å². The second kappa shape index (κ2) is 8.11. The zero-order valence-corrected chi connectivity index (χ0v) is 18.1. The molecule has 4 heterocycles. The van der Waals surface area contributed by atoms with E-state index in [-0.39, 0.29) is 16.9 Å². The minimum atomic E-state index is -4.60. The highest BCUT2D eigenvalue weighted by atomic mass is 19.4.